The van der Waals surface area contributed by atoms with Gasteiger partial charge in [-0.15, -0.1) is 0 Å². The van der Waals surface area contributed by atoms with Gasteiger partial charge in [-0.2, -0.15) is 0 Å². The van der Waals surface area contributed by atoms with Gasteiger partial charge in [0.25, 0.3) is 0 Å². The molecule has 3 unspecified atom stereocenters. The van der Waals surface area contributed by atoms with Crippen LogP contribution < -0.4 is 0 Å². The van der Waals surface area contributed by atoms with Gasteiger partial charge in [-0.25, -0.2) is 4.57 Å². The Morgan fingerprint density at radius 3 is 1.06 bits per heavy atom. The van der Waals surface area contributed by atoms with Crippen molar-refractivity contribution in [2.24, 2.45) is 0 Å². The predicted octanol–water partition coefficient (Wildman–Crippen LogP) is 18.1. The average Bonchev–Trinajstić information content (AvgIpc) is 3.43. The fraction of sp³-hybridized carbons (Fsp3) is 0.621. The highest BCUT2D eigenvalue weighted by molar-refractivity contribution is 7.47. The molecule has 0 aromatic carbocycles. The highest BCUT2D eigenvalue weighted by Gasteiger charge is 2.28. The average molecular weight is 1110 g/mol. The molecular formula is C66H107O11P. The number of phosphoric acid groups is 1. The predicted molar refractivity (Wildman–Crippen MR) is 325 cm³/mol. The molecule has 0 saturated heterocycles. The van der Waals surface area contributed by atoms with Gasteiger partial charge in [-0.05, 0) is 128 Å². The minimum atomic E-state index is -4.78. The fourth-order valence-corrected chi connectivity index (χ4v) is 8.31. The maximum atomic E-state index is 12.9. The van der Waals surface area contributed by atoms with Crippen LogP contribution in [0.4, 0.5) is 0 Å². The largest absolute Gasteiger partial charge is 0.472 e. The van der Waals surface area contributed by atoms with Gasteiger partial charge in [-0.3, -0.25) is 23.4 Å². The maximum Gasteiger partial charge on any atom is 0.472 e. The SMILES string of the molecule is CC/C=C\C/C=C\C/C=C\C/C=C\C/C=C\CCCC(=O)OCC(COP(=O)(O)OCC(CO)OC(=O)CCCCCCC/C=C\C/C=C\CCCCC)OC(=O)CCCCCCCC/C=C\C/C=C\C/C=C\C/C=C\CC. The van der Waals surface area contributed by atoms with Gasteiger partial charge in [0, 0.05) is 19.3 Å². The summed E-state index contributed by atoms with van der Waals surface area (Å²) in [4.78, 5) is 48.6. The first-order chi connectivity index (χ1) is 38.2. The van der Waals surface area contributed by atoms with Crippen molar-refractivity contribution in [2.75, 3.05) is 26.4 Å². The number of hydrogen-bond acceptors (Lipinski definition) is 10. The summed E-state index contributed by atoms with van der Waals surface area (Å²) >= 11 is 0. The number of aliphatic hydroxyl groups excluding tert-OH is 1. The zero-order valence-electron chi connectivity index (χ0n) is 48.8. The number of carbonyl (C=O) groups excluding carboxylic acids is 3. The molecule has 0 fully saturated rings. The first kappa shape index (κ1) is 73.6. The Labute approximate surface area is 474 Å². The standard InChI is InChI=1S/C66H107O11P/c1-4-7-10-13-16-19-22-25-28-30-31-33-36-39-42-45-48-51-54-57-66(70)77-63(59-73-64(68)55-52-49-46-43-40-37-35-32-29-26-23-20-17-14-11-8-5-2)61-75-78(71,72)74-60-62(58-67)76-65(69)56-53-50-47-44-41-38-34-27-24-21-18-15-12-9-6-3/h7-8,10-11,16-21,25-29,31,33-35,37,43,46,62-63,67H,4-6,9,12-15,22-24,30,32,36,38-42,44-45,47-61H2,1-3H3,(H,71,72)/b10-7-,11-8-,19-16-,20-17-,21-18-,28-25-,29-26-,33-31-,34-27-,37-35-,46-43-. The second kappa shape index (κ2) is 58.8. The van der Waals surface area contributed by atoms with Crippen LogP contribution in [-0.2, 0) is 42.2 Å². The molecule has 0 bridgehead atoms. The van der Waals surface area contributed by atoms with Gasteiger partial charge in [0.15, 0.2) is 6.10 Å². The molecule has 0 amide bonds. The quantitative estimate of drug-likeness (QED) is 0.0197. The number of unbranched alkanes of at least 4 members (excludes halogenated alkanes) is 15. The van der Waals surface area contributed by atoms with Crippen LogP contribution in [0.25, 0.3) is 0 Å². The molecule has 0 saturated carbocycles. The zero-order valence-corrected chi connectivity index (χ0v) is 49.7. The van der Waals surface area contributed by atoms with Crippen molar-refractivity contribution in [3.63, 3.8) is 0 Å². The van der Waals surface area contributed by atoms with E-state index in [4.69, 9.17) is 23.3 Å². The lowest BCUT2D eigenvalue weighted by Gasteiger charge is -2.21. The van der Waals surface area contributed by atoms with Crippen LogP contribution in [0.1, 0.15) is 226 Å². The van der Waals surface area contributed by atoms with Gasteiger partial charge in [-0.1, -0.05) is 212 Å². The lowest BCUT2D eigenvalue weighted by molar-refractivity contribution is -0.161. The molecule has 12 heteroatoms. The van der Waals surface area contributed by atoms with Gasteiger partial charge >= 0.3 is 25.7 Å². The van der Waals surface area contributed by atoms with Crippen LogP contribution in [0.2, 0.25) is 0 Å². The Morgan fingerprint density at radius 1 is 0.372 bits per heavy atom. The van der Waals surface area contributed by atoms with Crippen molar-refractivity contribution in [1.29, 1.82) is 0 Å². The van der Waals surface area contributed by atoms with Crippen LogP contribution in [0.15, 0.2) is 134 Å². The summed E-state index contributed by atoms with van der Waals surface area (Å²) < 4.78 is 39.5. The van der Waals surface area contributed by atoms with E-state index in [1.807, 2.05) is 6.08 Å². The smallest absolute Gasteiger partial charge is 0.462 e. The van der Waals surface area contributed by atoms with E-state index in [0.29, 0.717) is 25.7 Å². The Hall–Kier alpha value is -4.38. The monoisotopic (exact) mass is 1110 g/mol. The van der Waals surface area contributed by atoms with Crippen molar-refractivity contribution in [3.05, 3.63) is 134 Å². The normalized spacial score (nSPS) is 14.3. The second-order valence-electron chi connectivity index (χ2n) is 19.4. The Balaban J connectivity index is 4.86. The van der Waals surface area contributed by atoms with E-state index < -0.39 is 57.8 Å². The Bertz CT molecular complexity index is 1820. The number of allylic oxidation sites excluding steroid dienone is 22. The molecule has 0 aliphatic heterocycles. The van der Waals surface area contributed by atoms with Gasteiger partial charge in [0.1, 0.15) is 12.7 Å². The van der Waals surface area contributed by atoms with E-state index in [2.05, 4.69) is 148 Å². The van der Waals surface area contributed by atoms with Crippen molar-refractivity contribution >= 4 is 25.7 Å². The number of esters is 3. The van der Waals surface area contributed by atoms with Crippen LogP contribution in [-0.4, -0.2) is 66.5 Å². The van der Waals surface area contributed by atoms with Gasteiger partial charge in [0.2, 0.25) is 0 Å². The van der Waals surface area contributed by atoms with Crippen LogP contribution in [0, 0.1) is 0 Å². The number of rotatable bonds is 54. The lowest BCUT2D eigenvalue weighted by atomic mass is 10.1. The van der Waals surface area contributed by atoms with E-state index in [1.165, 1.54) is 19.3 Å². The number of phosphoric ester groups is 1. The first-order valence-corrected chi connectivity index (χ1v) is 31.6. The summed E-state index contributed by atoms with van der Waals surface area (Å²) in [6, 6.07) is 0. The molecule has 78 heavy (non-hydrogen) atoms. The van der Waals surface area contributed by atoms with E-state index in [9.17, 15) is 28.9 Å². The molecule has 11 nitrogen and oxygen atoms in total. The van der Waals surface area contributed by atoms with Gasteiger partial charge in [0.05, 0.1) is 19.8 Å². The minimum Gasteiger partial charge on any atom is -0.462 e. The van der Waals surface area contributed by atoms with E-state index in [0.717, 1.165) is 141 Å². The molecule has 0 spiro atoms. The summed E-state index contributed by atoms with van der Waals surface area (Å²) in [5.41, 5.74) is 0. The van der Waals surface area contributed by atoms with Crippen molar-refractivity contribution < 1.29 is 52.2 Å². The number of hydrogen-bond donors (Lipinski definition) is 2. The molecular weight excluding hydrogens is 1000 g/mol. The Kier molecular flexibility index (Phi) is 55.5. The molecule has 0 aromatic rings. The molecule has 3 atom stereocenters. The van der Waals surface area contributed by atoms with Gasteiger partial charge < -0.3 is 24.2 Å². The summed E-state index contributed by atoms with van der Waals surface area (Å²) in [7, 11) is -4.78. The lowest BCUT2D eigenvalue weighted by Crippen LogP contribution is -2.30. The van der Waals surface area contributed by atoms with Crippen LogP contribution >= 0.6 is 7.82 Å². The van der Waals surface area contributed by atoms with Crippen molar-refractivity contribution in [2.45, 2.75) is 238 Å². The molecule has 0 aliphatic rings. The molecule has 0 rings (SSSR count). The molecule has 2 N–H and O–H groups in total. The second-order valence-corrected chi connectivity index (χ2v) is 20.8. The minimum absolute atomic E-state index is 0.131. The third-order valence-electron chi connectivity index (χ3n) is 12.0. The fourth-order valence-electron chi connectivity index (χ4n) is 7.53. The topological polar surface area (TPSA) is 155 Å². The number of aliphatic hydroxyl groups is 1. The molecule has 0 aromatic heterocycles. The maximum absolute atomic E-state index is 12.9. The summed E-state index contributed by atoms with van der Waals surface area (Å²) in [6.07, 6.45) is 74.1. The molecule has 0 heterocycles. The summed E-state index contributed by atoms with van der Waals surface area (Å²) in [5, 5.41) is 9.83. The van der Waals surface area contributed by atoms with Crippen LogP contribution in [0.3, 0.4) is 0 Å². The van der Waals surface area contributed by atoms with Crippen molar-refractivity contribution in [1.82, 2.24) is 0 Å². The highest BCUT2D eigenvalue weighted by Crippen LogP contribution is 2.43. The molecule has 0 aliphatic carbocycles. The third-order valence-corrected chi connectivity index (χ3v) is 13.0. The number of carbonyl (C=O) groups is 3. The summed E-state index contributed by atoms with van der Waals surface area (Å²) in [5.74, 6) is -1.58. The van der Waals surface area contributed by atoms with Crippen molar-refractivity contribution in [3.8, 4) is 0 Å². The molecule has 0 radical (unpaired) electrons. The Morgan fingerprint density at radius 2 is 0.679 bits per heavy atom. The molecule has 442 valence electrons. The van der Waals surface area contributed by atoms with E-state index in [1.54, 1.807) is 0 Å². The zero-order chi connectivity index (χ0) is 56.9. The van der Waals surface area contributed by atoms with E-state index in [-0.39, 0.29) is 25.9 Å². The summed E-state index contributed by atoms with van der Waals surface area (Å²) in [6.45, 7) is 4.29. The highest BCUT2D eigenvalue weighted by atomic mass is 31.2. The first-order valence-electron chi connectivity index (χ1n) is 30.1. The number of ether oxygens (including phenoxy) is 3. The third kappa shape index (κ3) is 56.3. The van der Waals surface area contributed by atoms with E-state index >= 15 is 0 Å². The van der Waals surface area contributed by atoms with Crippen LogP contribution in [0.5, 0.6) is 0 Å².